The maximum absolute atomic E-state index is 13.1. The van der Waals surface area contributed by atoms with E-state index in [1.807, 2.05) is 0 Å². The predicted molar refractivity (Wildman–Crippen MR) is 89.1 cm³/mol. The molecule has 0 aliphatic rings. The highest BCUT2D eigenvalue weighted by molar-refractivity contribution is 7.89. The van der Waals surface area contributed by atoms with Gasteiger partial charge in [0.15, 0.2) is 0 Å². The lowest BCUT2D eigenvalue weighted by Gasteiger charge is -2.24. The standard InChI is InChI=1S/C16H19F3N2O4S/c1-9-6-12(10(2)25-9)15(3,22)8-21-11-4-5-14(26(20,23)24)13(7-11)16(17,18)19/h4-7,21-22H,8H2,1-3H3,(H2,20,23,24). The van der Waals surface area contributed by atoms with Crippen molar-refractivity contribution in [2.45, 2.75) is 37.4 Å². The first-order valence-electron chi connectivity index (χ1n) is 7.49. The highest BCUT2D eigenvalue weighted by Crippen LogP contribution is 2.36. The van der Waals surface area contributed by atoms with Gasteiger partial charge in [-0.1, -0.05) is 0 Å². The Morgan fingerprint density at radius 3 is 2.27 bits per heavy atom. The van der Waals surface area contributed by atoms with Crippen LogP contribution in [0.5, 0.6) is 0 Å². The third kappa shape index (κ3) is 4.37. The lowest BCUT2D eigenvalue weighted by Crippen LogP contribution is -2.31. The second kappa shape index (κ2) is 6.60. The average molecular weight is 392 g/mol. The van der Waals surface area contributed by atoms with Crippen LogP contribution in [0, 0.1) is 13.8 Å². The van der Waals surface area contributed by atoms with Crippen molar-refractivity contribution in [3.05, 3.63) is 46.9 Å². The van der Waals surface area contributed by atoms with Crippen molar-refractivity contribution in [3.63, 3.8) is 0 Å². The molecular formula is C16H19F3N2O4S. The summed E-state index contributed by atoms with van der Waals surface area (Å²) in [5.74, 6) is 1.09. The Morgan fingerprint density at radius 1 is 1.19 bits per heavy atom. The summed E-state index contributed by atoms with van der Waals surface area (Å²) >= 11 is 0. The summed E-state index contributed by atoms with van der Waals surface area (Å²) in [5.41, 5.74) is -2.30. The van der Waals surface area contributed by atoms with Crippen molar-refractivity contribution in [1.82, 2.24) is 0 Å². The number of furan rings is 1. The van der Waals surface area contributed by atoms with Crippen molar-refractivity contribution < 1.29 is 31.1 Å². The van der Waals surface area contributed by atoms with E-state index < -0.39 is 32.3 Å². The van der Waals surface area contributed by atoms with E-state index in [0.29, 0.717) is 23.2 Å². The zero-order valence-electron chi connectivity index (χ0n) is 14.3. The van der Waals surface area contributed by atoms with Crippen LogP contribution in [-0.4, -0.2) is 20.1 Å². The Kier molecular flexibility index (Phi) is 5.15. The van der Waals surface area contributed by atoms with Crippen LogP contribution >= 0.6 is 0 Å². The van der Waals surface area contributed by atoms with Crippen LogP contribution < -0.4 is 10.5 Å². The molecule has 1 aromatic carbocycles. The molecule has 4 N–H and O–H groups in total. The van der Waals surface area contributed by atoms with Gasteiger partial charge in [-0.05, 0) is 45.0 Å². The number of nitrogens with one attached hydrogen (secondary N) is 1. The Labute approximate surface area is 148 Å². The van der Waals surface area contributed by atoms with Crippen molar-refractivity contribution in [2.24, 2.45) is 5.14 Å². The fourth-order valence-corrected chi connectivity index (χ4v) is 3.38. The Balaban J connectivity index is 2.32. The topological polar surface area (TPSA) is 106 Å². The summed E-state index contributed by atoms with van der Waals surface area (Å²) < 4.78 is 67.5. The molecule has 0 bridgehead atoms. The van der Waals surface area contributed by atoms with E-state index in [-0.39, 0.29) is 12.2 Å². The molecule has 26 heavy (non-hydrogen) atoms. The number of rotatable bonds is 5. The molecule has 10 heteroatoms. The monoisotopic (exact) mass is 392 g/mol. The van der Waals surface area contributed by atoms with Crippen LogP contribution in [0.1, 0.15) is 29.6 Å². The number of aliphatic hydroxyl groups is 1. The fourth-order valence-electron chi connectivity index (χ4n) is 2.64. The Bertz CT molecular complexity index is 918. The van der Waals surface area contributed by atoms with Crippen LogP contribution in [-0.2, 0) is 21.8 Å². The van der Waals surface area contributed by atoms with Crippen molar-refractivity contribution in [3.8, 4) is 0 Å². The number of primary sulfonamides is 1. The first kappa shape index (κ1) is 20.3. The van der Waals surface area contributed by atoms with Gasteiger partial charge in [0.1, 0.15) is 17.1 Å². The number of halogens is 3. The van der Waals surface area contributed by atoms with Crippen LogP contribution in [0.3, 0.4) is 0 Å². The highest BCUT2D eigenvalue weighted by Gasteiger charge is 2.37. The summed E-state index contributed by atoms with van der Waals surface area (Å²) in [7, 11) is -4.53. The minimum atomic E-state index is -4.90. The molecule has 0 fully saturated rings. The van der Waals surface area contributed by atoms with E-state index >= 15 is 0 Å². The lowest BCUT2D eigenvalue weighted by molar-refractivity contribution is -0.139. The summed E-state index contributed by atoms with van der Waals surface area (Å²) in [5, 5.41) is 18.1. The van der Waals surface area contributed by atoms with Gasteiger partial charge in [-0.25, -0.2) is 13.6 Å². The first-order valence-corrected chi connectivity index (χ1v) is 9.04. The maximum Gasteiger partial charge on any atom is 0.417 e. The molecule has 2 rings (SSSR count). The zero-order chi connectivity index (χ0) is 19.9. The molecule has 6 nitrogen and oxygen atoms in total. The molecule has 1 unspecified atom stereocenters. The smallest absolute Gasteiger partial charge is 0.417 e. The van der Waals surface area contributed by atoms with E-state index in [1.54, 1.807) is 19.9 Å². The number of alkyl halides is 3. The van der Waals surface area contributed by atoms with Crippen molar-refractivity contribution in [2.75, 3.05) is 11.9 Å². The summed E-state index contributed by atoms with van der Waals surface area (Å²) in [4.78, 5) is -1.01. The van der Waals surface area contributed by atoms with Gasteiger partial charge in [0.2, 0.25) is 10.0 Å². The second-order valence-electron chi connectivity index (χ2n) is 6.21. The molecule has 0 saturated carbocycles. The molecular weight excluding hydrogens is 373 g/mol. The van der Waals surface area contributed by atoms with Crippen molar-refractivity contribution >= 4 is 15.7 Å². The van der Waals surface area contributed by atoms with Gasteiger partial charge in [0, 0.05) is 17.8 Å². The molecule has 0 aliphatic carbocycles. The highest BCUT2D eigenvalue weighted by atomic mass is 32.2. The minimum absolute atomic E-state index is 0.0112. The third-order valence-electron chi connectivity index (χ3n) is 3.85. The molecule has 144 valence electrons. The van der Waals surface area contributed by atoms with E-state index in [9.17, 15) is 26.7 Å². The molecule has 0 amide bonds. The van der Waals surface area contributed by atoms with Crippen molar-refractivity contribution in [1.29, 1.82) is 0 Å². The number of hydrogen-bond donors (Lipinski definition) is 3. The molecule has 1 aromatic heterocycles. The van der Waals surface area contributed by atoms with E-state index in [0.717, 1.165) is 12.1 Å². The van der Waals surface area contributed by atoms with Gasteiger partial charge in [0.25, 0.3) is 0 Å². The maximum atomic E-state index is 13.1. The zero-order valence-corrected chi connectivity index (χ0v) is 15.1. The van der Waals surface area contributed by atoms with Gasteiger partial charge in [-0.15, -0.1) is 0 Å². The largest absolute Gasteiger partial charge is 0.466 e. The van der Waals surface area contributed by atoms with Crippen LogP contribution in [0.25, 0.3) is 0 Å². The molecule has 1 heterocycles. The van der Waals surface area contributed by atoms with Gasteiger partial charge in [-0.2, -0.15) is 13.2 Å². The first-order chi connectivity index (χ1) is 11.7. The van der Waals surface area contributed by atoms with Gasteiger partial charge >= 0.3 is 6.18 Å². The summed E-state index contributed by atoms with van der Waals surface area (Å²) in [6.45, 7) is 4.74. The second-order valence-corrected chi connectivity index (χ2v) is 7.74. The lowest BCUT2D eigenvalue weighted by atomic mass is 9.96. The van der Waals surface area contributed by atoms with E-state index in [4.69, 9.17) is 9.56 Å². The Morgan fingerprint density at radius 2 is 1.81 bits per heavy atom. The Hall–Kier alpha value is -2.04. The number of benzene rings is 1. The van der Waals surface area contributed by atoms with Crippen LogP contribution in [0.4, 0.5) is 18.9 Å². The van der Waals surface area contributed by atoms with Gasteiger partial charge in [0.05, 0.1) is 10.5 Å². The number of anilines is 1. The predicted octanol–water partition coefficient (Wildman–Crippen LogP) is 2.88. The normalized spacial score (nSPS) is 14.9. The van der Waals surface area contributed by atoms with Crippen LogP contribution in [0.15, 0.2) is 33.6 Å². The molecule has 0 saturated heterocycles. The van der Waals surface area contributed by atoms with E-state index in [1.165, 1.54) is 6.92 Å². The summed E-state index contributed by atoms with van der Waals surface area (Å²) in [6.07, 6.45) is -4.90. The molecule has 2 aromatic rings. The summed E-state index contributed by atoms with van der Waals surface area (Å²) in [6, 6.07) is 4.21. The number of sulfonamides is 1. The number of aryl methyl sites for hydroxylation is 2. The molecule has 0 spiro atoms. The van der Waals surface area contributed by atoms with Crippen LogP contribution in [0.2, 0.25) is 0 Å². The fraction of sp³-hybridized carbons (Fsp3) is 0.375. The van der Waals surface area contributed by atoms with E-state index in [2.05, 4.69) is 5.32 Å². The number of nitrogens with two attached hydrogens (primary N) is 1. The minimum Gasteiger partial charge on any atom is -0.466 e. The average Bonchev–Trinajstić information content (AvgIpc) is 2.83. The molecule has 0 radical (unpaired) electrons. The van der Waals surface area contributed by atoms with Gasteiger partial charge < -0.3 is 14.8 Å². The SMILES string of the molecule is Cc1cc(C(C)(O)CNc2ccc(S(N)(=O)=O)c(C(F)(F)F)c2)c(C)o1. The molecule has 0 aliphatic heterocycles. The quantitative estimate of drug-likeness (QED) is 0.726. The number of hydrogen-bond acceptors (Lipinski definition) is 5. The van der Waals surface area contributed by atoms with Gasteiger partial charge in [-0.3, -0.25) is 0 Å². The third-order valence-corrected chi connectivity index (χ3v) is 4.82. The molecule has 1 atom stereocenters.